The molecule has 2 heterocycles. The number of nitro groups is 2. The molecule has 0 aliphatic carbocycles. The molecule has 0 radical (unpaired) electrons. The van der Waals surface area contributed by atoms with E-state index in [9.17, 15) is 20.2 Å². The molecular weight excluding hydrogens is 572 g/mol. The summed E-state index contributed by atoms with van der Waals surface area (Å²) in [4.78, 5) is 29.6. The van der Waals surface area contributed by atoms with Crippen LogP contribution in [0.5, 0.6) is 11.5 Å². The number of methoxy groups -OCH3 is 2. The van der Waals surface area contributed by atoms with Gasteiger partial charge in [-0.15, -0.1) is 0 Å². The Morgan fingerprint density at radius 1 is 0.780 bits per heavy atom. The number of ether oxygens (including phenoxy) is 2. The summed E-state index contributed by atoms with van der Waals surface area (Å²) in [6, 6.07) is 7.33. The van der Waals surface area contributed by atoms with Crippen LogP contribution in [0.1, 0.15) is 17.8 Å². The highest BCUT2D eigenvalue weighted by molar-refractivity contribution is 7.98. The number of hydrogen-bond acceptors (Lipinski definition) is 14. The molecule has 0 bridgehead atoms. The minimum Gasteiger partial charge on any atom is -0.495 e. The molecule has 14 nitrogen and oxygen atoms in total. The third kappa shape index (κ3) is 14.3. The van der Waals surface area contributed by atoms with Gasteiger partial charge in [-0.25, -0.2) is 0 Å². The Hall–Kier alpha value is -3.92. The van der Waals surface area contributed by atoms with Crippen LogP contribution in [0.3, 0.4) is 0 Å². The summed E-state index contributed by atoms with van der Waals surface area (Å²) >= 11 is 3.26. The number of thioether (sulfide) groups is 2. The zero-order valence-electron chi connectivity index (χ0n) is 23.0. The molecule has 41 heavy (non-hydrogen) atoms. The zero-order valence-corrected chi connectivity index (χ0v) is 24.7. The first-order valence-corrected chi connectivity index (χ1v) is 15.0. The van der Waals surface area contributed by atoms with Crippen molar-refractivity contribution in [2.24, 2.45) is 0 Å². The van der Waals surface area contributed by atoms with Crippen LogP contribution in [0.25, 0.3) is 0 Å². The van der Waals surface area contributed by atoms with Crippen LogP contribution in [-0.2, 0) is 11.5 Å². The number of nitrogens with one attached hydrogen (secondary N) is 4. The monoisotopic (exact) mass is 608 g/mol. The van der Waals surface area contributed by atoms with E-state index in [1.807, 2.05) is 24.3 Å². The summed E-state index contributed by atoms with van der Waals surface area (Å²) < 4.78 is 10.6. The van der Waals surface area contributed by atoms with Crippen molar-refractivity contribution in [3.63, 3.8) is 0 Å². The molecule has 2 aromatic heterocycles. The van der Waals surface area contributed by atoms with Crippen molar-refractivity contribution in [1.82, 2.24) is 31.2 Å². The van der Waals surface area contributed by atoms with E-state index in [0.717, 1.165) is 35.3 Å². The van der Waals surface area contributed by atoms with Gasteiger partial charge in [0.05, 0.1) is 35.5 Å². The highest BCUT2D eigenvalue weighted by atomic mass is 32.2. The summed E-state index contributed by atoms with van der Waals surface area (Å²) in [6.45, 7) is 1.86. The first-order chi connectivity index (χ1) is 19.9. The van der Waals surface area contributed by atoms with E-state index in [2.05, 4.69) is 31.2 Å². The molecule has 0 fully saturated rings. The van der Waals surface area contributed by atoms with E-state index >= 15 is 0 Å². The van der Waals surface area contributed by atoms with Crippen LogP contribution in [-0.4, -0.2) is 71.7 Å². The van der Waals surface area contributed by atoms with E-state index < -0.39 is 9.85 Å². The smallest absolute Gasteiger partial charge is 0.274 e. The Balaban J connectivity index is 1.66. The van der Waals surface area contributed by atoms with Crippen LogP contribution in [0.4, 0.5) is 0 Å². The lowest BCUT2D eigenvalue weighted by Gasteiger charge is -2.13. The number of pyridine rings is 2. The molecule has 0 unspecified atom stereocenters. The molecule has 2 rings (SSSR count). The molecule has 0 aliphatic heterocycles. The minimum atomic E-state index is -0.525. The van der Waals surface area contributed by atoms with Crippen LogP contribution in [0, 0.1) is 20.2 Å². The van der Waals surface area contributed by atoms with E-state index in [4.69, 9.17) is 9.47 Å². The molecular formula is C25H36N8O6S2. The van der Waals surface area contributed by atoms with Crippen molar-refractivity contribution in [1.29, 1.82) is 0 Å². The Morgan fingerprint density at radius 3 is 1.59 bits per heavy atom. The zero-order chi connectivity index (χ0) is 29.7. The Morgan fingerprint density at radius 2 is 1.20 bits per heavy atom. The highest BCUT2D eigenvalue weighted by Gasteiger charge is 2.07. The molecule has 0 saturated carbocycles. The second-order valence-electron chi connectivity index (χ2n) is 8.13. The first kappa shape index (κ1) is 33.3. The maximum Gasteiger partial charge on any atom is 0.274 e. The Labute approximate surface area is 247 Å². The van der Waals surface area contributed by atoms with E-state index in [1.165, 1.54) is 0 Å². The number of rotatable bonds is 22. The van der Waals surface area contributed by atoms with Gasteiger partial charge in [-0.2, -0.15) is 23.5 Å². The van der Waals surface area contributed by atoms with Crippen molar-refractivity contribution in [2.45, 2.75) is 17.9 Å². The molecule has 0 spiro atoms. The second-order valence-corrected chi connectivity index (χ2v) is 10.3. The summed E-state index contributed by atoms with van der Waals surface area (Å²) in [6.07, 6.45) is 5.76. The van der Waals surface area contributed by atoms with Gasteiger partial charge < -0.3 is 30.7 Å². The van der Waals surface area contributed by atoms with Gasteiger partial charge in [-0.3, -0.25) is 30.2 Å². The fraction of sp³-hybridized carbons (Fsp3) is 0.440. The lowest BCUT2D eigenvalue weighted by Crippen LogP contribution is -2.33. The SMILES string of the molecule is COc1cccnc1CSCCN/C(=C\[N+](=O)[O-])NCCCN/C(=C\[N+](=O)[O-])NCCSCc1ncccc1OC. The standard InChI is InChI=1S/C25H36N8O6S2/c1-38-22-6-3-8-26-20(22)18-40-14-12-30-24(16-32(34)35)28-10-5-11-29-25(17-33(36)37)31-13-15-41-19-21-23(39-2)7-4-9-27-21/h3-4,6-9,16-17,28-31H,5,10-15,18-19H2,1-2H3/b24-16-,25-17+. The van der Waals surface area contributed by atoms with Crippen molar-refractivity contribution in [3.8, 4) is 11.5 Å². The van der Waals surface area contributed by atoms with Gasteiger partial charge in [-0.1, -0.05) is 0 Å². The Kier molecular flexibility index (Phi) is 16.3. The third-order valence-corrected chi connectivity index (χ3v) is 7.13. The minimum absolute atomic E-state index is 0.298. The topological polar surface area (TPSA) is 179 Å². The van der Waals surface area contributed by atoms with E-state index in [1.54, 1.807) is 50.1 Å². The summed E-state index contributed by atoms with van der Waals surface area (Å²) in [5.41, 5.74) is 1.69. The Bertz CT molecular complexity index is 1070. The molecule has 0 atom stereocenters. The van der Waals surface area contributed by atoms with Gasteiger partial charge in [0.1, 0.15) is 11.5 Å². The fourth-order valence-electron chi connectivity index (χ4n) is 3.34. The van der Waals surface area contributed by atoms with Gasteiger partial charge in [-0.05, 0) is 30.7 Å². The van der Waals surface area contributed by atoms with Crippen LogP contribution in [0.2, 0.25) is 0 Å². The normalized spacial score (nSPS) is 11.5. The van der Waals surface area contributed by atoms with E-state index in [0.29, 0.717) is 67.3 Å². The number of hydrogen-bond donors (Lipinski definition) is 4. The van der Waals surface area contributed by atoms with Crippen molar-refractivity contribution < 1.29 is 19.3 Å². The molecule has 0 amide bonds. The largest absolute Gasteiger partial charge is 0.495 e. The molecule has 2 aromatic rings. The fourth-order valence-corrected chi connectivity index (χ4v) is 4.94. The van der Waals surface area contributed by atoms with Gasteiger partial charge in [0.15, 0.2) is 11.6 Å². The quantitative estimate of drug-likeness (QED) is 0.0870. The van der Waals surface area contributed by atoms with Gasteiger partial charge in [0, 0.05) is 61.6 Å². The van der Waals surface area contributed by atoms with Crippen molar-refractivity contribution >= 4 is 23.5 Å². The van der Waals surface area contributed by atoms with Crippen LogP contribution >= 0.6 is 23.5 Å². The second kappa shape index (κ2) is 20.0. The maximum atomic E-state index is 11.0. The van der Waals surface area contributed by atoms with E-state index in [-0.39, 0.29) is 0 Å². The van der Waals surface area contributed by atoms with Crippen LogP contribution in [0.15, 0.2) is 60.7 Å². The first-order valence-electron chi connectivity index (χ1n) is 12.7. The van der Waals surface area contributed by atoms with Gasteiger partial charge in [0.25, 0.3) is 12.4 Å². The lowest BCUT2D eigenvalue weighted by atomic mass is 10.3. The molecule has 0 aromatic carbocycles. The predicted molar refractivity (Wildman–Crippen MR) is 161 cm³/mol. The van der Waals surface area contributed by atoms with Gasteiger partial charge >= 0.3 is 0 Å². The van der Waals surface area contributed by atoms with Crippen LogP contribution < -0.4 is 30.7 Å². The average molecular weight is 609 g/mol. The number of nitrogens with zero attached hydrogens (tertiary/aromatic N) is 4. The highest BCUT2D eigenvalue weighted by Crippen LogP contribution is 2.21. The third-order valence-electron chi connectivity index (χ3n) is 5.19. The van der Waals surface area contributed by atoms with Gasteiger partial charge in [0.2, 0.25) is 0 Å². The molecule has 0 aliphatic rings. The number of aromatic nitrogens is 2. The summed E-state index contributed by atoms with van der Waals surface area (Å²) in [5, 5.41) is 34.1. The van der Waals surface area contributed by atoms with Crippen molar-refractivity contribution in [2.75, 3.05) is 51.9 Å². The molecule has 16 heteroatoms. The molecule has 224 valence electrons. The predicted octanol–water partition coefficient (Wildman–Crippen LogP) is 2.56. The maximum absolute atomic E-state index is 11.0. The molecule has 0 saturated heterocycles. The molecule has 4 N–H and O–H groups in total. The summed E-state index contributed by atoms with van der Waals surface area (Å²) in [5.74, 6) is 4.76. The summed E-state index contributed by atoms with van der Waals surface area (Å²) in [7, 11) is 3.20. The van der Waals surface area contributed by atoms with Crippen molar-refractivity contribution in [3.05, 3.63) is 92.3 Å². The lowest BCUT2D eigenvalue weighted by molar-refractivity contribution is -0.404. The average Bonchev–Trinajstić information content (AvgIpc) is 2.96.